The molecule has 23 atom stereocenters. The molecule has 7 aliphatic carbocycles. The summed E-state index contributed by atoms with van der Waals surface area (Å²) in [5, 5.41) is 0. The van der Waals surface area contributed by atoms with Crippen LogP contribution in [0.3, 0.4) is 0 Å². The molecule has 0 nitrogen and oxygen atoms in total. The van der Waals surface area contributed by atoms with Crippen molar-refractivity contribution in [1.82, 2.24) is 0 Å². The van der Waals surface area contributed by atoms with Gasteiger partial charge in [-0.3, -0.25) is 0 Å². The zero-order valence-corrected chi connectivity index (χ0v) is 138. The summed E-state index contributed by atoms with van der Waals surface area (Å²) in [5.41, 5.74) is 5.63. The van der Waals surface area contributed by atoms with Gasteiger partial charge in [-0.2, -0.15) is 86.8 Å². The number of hydrogen-bond acceptors (Lipinski definition) is 0. The average Bonchev–Trinajstić information content (AvgIpc) is 0.629. The largest absolute Gasteiger partial charge is 0.345 e. The molecule has 0 aliphatic heterocycles. The molecule has 0 aromatic carbocycles. The minimum Gasteiger partial charge on any atom is -0.345 e. The van der Waals surface area contributed by atoms with Crippen LogP contribution in [0.15, 0.2) is 0 Å². The van der Waals surface area contributed by atoms with Crippen molar-refractivity contribution in [3.63, 3.8) is 0 Å². The molecule has 23 unspecified atom stereocenters. The standard InChI is InChI=1S/2C26H48.C20H38.2C16H30.C7H14.C6H14.4C5H12.3C2H6.CH4.6Y/c2*1-17-18(2)20(5,6)26(16)24(13,14)22(9,10)21(7,8)23(11,12)25(26,15)19(17,3)4;1-14-16(5,6)17(7,8)18(9,10)19(11,12)20(14,13)15(2,3)4;1-11-12(2)14(5,6)16(9,10)15(7,8)13(11,3)4;1-10-16(9)13(4)14(5,6)11(2)12(3)15(16,7)8;1-5-7(4)6(2)3;1-5-6(2,3)4;4*1-5(2,3)4;3*1-2;;;;;;;/h2*17-18H,7,9H2,1-6,8,10-16H3;7H2,1-6,8-13H3;11-12H,7,9H2,1-6,8,10H3;11-12H,1,10H2,2-9H3;5-7H,2H2,1,3-4H3;5H2,1-4H3;4*1-4H3;3*1-2H3;1H4;;;;;;/q6*-2;;;;;;;;;;;;;;;. The summed E-state index contributed by atoms with van der Waals surface area (Å²) < 4.78 is 0. The molecule has 0 amide bonds. The Morgan fingerprint density at radius 3 is 0.560 bits per heavy atom. The van der Waals surface area contributed by atoms with Gasteiger partial charge in [0.1, 0.15) is 0 Å². The normalized spacial score (nSPS) is 37.5. The minimum absolute atomic E-state index is 0. The van der Waals surface area contributed by atoms with Gasteiger partial charge < -0.3 is 80.6 Å². The minimum atomic E-state index is -0.134. The first-order valence-electron chi connectivity index (χ1n) is 59.2. The van der Waals surface area contributed by atoms with Crippen LogP contribution in [0.2, 0.25) is 0 Å². The van der Waals surface area contributed by atoms with Crippen LogP contribution < -0.4 is 0 Å². The maximum absolute atomic E-state index is 4.89. The van der Waals surface area contributed by atoms with Crippen LogP contribution in [-0.4, -0.2) is 0 Å². The fraction of sp³-hybridized carbons (Fsp3) is 0.917. The van der Waals surface area contributed by atoms with Gasteiger partial charge >= 0.3 is 0 Å². The first kappa shape index (κ1) is 186. The van der Waals surface area contributed by atoms with Crippen LogP contribution in [0, 0.1) is 324 Å². The molecule has 0 heterocycles. The topological polar surface area (TPSA) is 0 Å². The van der Waals surface area contributed by atoms with Gasteiger partial charge in [0, 0.05) is 196 Å². The molecular weight excluding hydrogens is 2260 g/mol. The smallest absolute Gasteiger partial charge is 0 e. The summed E-state index contributed by atoms with van der Waals surface area (Å²) in [7, 11) is 0. The summed E-state index contributed by atoms with van der Waals surface area (Å²) in [4.78, 5) is 0. The van der Waals surface area contributed by atoms with E-state index < -0.39 is 0 Å². The average molecular weight is 2560 g/mol. The molecule has 7 saturated carbocycles. The Morgan fingerprint density at radius 2 is 0.427 bits per heavy atom. The van der Waals surface area contributed by atoms with Crippen LogP contribution in [0.25, 0.3) is 0 Å². The molecular formula is C144H292Y6-12. The first-order chi connectivity index (χ1) is 61.1. The van der Waals surface area contributed by atoms with Crippen LogP contribution in [0.4, 0.5) is 0 Å². The Bertz CT molecular complexity index is 3400. The first-order valence-corrected chi connectivity index (χ1v) is 59.2. The van der Waals surface area contributed by atoms with Crippen molar-refractivity contribution in [3.05, 3.63) is 80.6 Å². The molecule has 6 radical (unpaired) electrons. The van der Waals surface area contributed by atoms with E-state index >= 15 is 0 Å². The van der Waals surface area contributed by atoms with Gasteiger partial charge in [-0.05, 0) is 112 Å². The number of rotatable bonds is 3. The van der Waals surface area contributed by atoms with Crippen molar-refractivity contribution >= 4 is 0 Å². The second kappa shape index (κ2) is 59.7. The van der Waals surface area contributed by atoms with Crippen LogP contribution in [0.1, 0.15) is 609 Å². The Balaban J connectivity index is -0.000000117. The van der Waals surface area contributed by atoms with E-state index in [1.807, 2.05) is 41.5 Å². The maximum atomic E-state index is 4.89. The van der Waals surface area contributed by atoms with Crippen molar-refractivity contribution in [2.24, 2.45) is 243 Å². The molecule has 898 valence electrons. The van der Waals surface area contributed by atoms with E-state index in [9.17, 15) is 0 Å². The molecule has 0 spiro atoms. The summed E-state index contributed by atoms with van der Waals surface area (Å²) in [6.07, 6.45) is 4.46. The van der Waals surface area contributed by atoms with Crippen LogP contribution in [0.5, 0.6) is 0 Å². The van der Waals surface area contributed by atoms with E-state index in [0.29, 0.717) is 85.2 Å². The Morgan fingerprint density at radius 1 is 0.267 bits per heavy atom. The molecule has 6 heteroatoms. The Labute approximate surface area is 1110 Å². The second-order valence-electron chi connectivity index (χ2n) is 68.6. The van der Waals surface area contributed by atoms with Gasteiger partial charge in [0.2, 0.25) is 0 Å². The summed E-state index contributed by atoms with van der Waals surface area (Å²) in [5.74, 6) is 9.88. The van der Waals surface area contributed by atoms with Crippen molar-refractivity contribution in [2.45, 2.75) is 609 Å². The Kier molecular flexibility index (Phi) is 74.2. The van der Waals surface area contributed by atoms with Crippen LogP contribution >= 0.6 is 0 Å². The zero-order valence-electron chi connectivity index (χ0n) is 121. The number of fused-ring (bicyclic) bond motifs is 2. The summed E-state index contributed by atoms with van der Waals surface area (Å²) in [6.45, 7) is 241. The Hall–Kier alpha value is 6.62. The molecule has 7 aliphatic rings. The quantitative estimate of drug-likeness (QED) is 0.247. The van der Waals surface area contributed by atoms with Crippen LogP contribution in [-0.2, 0) is 196 Å². The van der Waals surface area contributed by atoms with E-state index in [-0.39, 0.29) is 350 Å². The van der Waals surface area contributed by atoms with Gasteiger partial charge in [-0.1, -0.05) is 642 Å². The van der Waals surface area contributed by atoms with E-state index in [2.05, 4.69) is 581 Å². The SMILES string of the molecule is C.CC.CC.CC.CC(C)(C)C.CC(C)(C)C.CC(C)(C)C.CC(C)(C)C.CCC(C)(C)C.[CH2-]C(C)C(C)[CH-]C.[CH2-]C1(C)C(C)(C)C(C)C(C)C(C)(C)C1([CH2-])C.[CH2-]C1(C)C(C)(C)[C-](C)C(C)(C(C)(C)C)C(C)(C)C1(C)C.[CH2-]C1(C)C([CH2-])(C)C(C)(C)C2(C)C(C)(C)C(C)C(C)C(C)(C)C2(C)C1(C)C.[CH2-]C1(C)C([CH2-])(C)C(C)(C)C2(C)C(C)(C)C(C)C(C)C(C)(C)C2(C)C1(C)C.[CH2-]CC1(C)[C-](C)C(C)(C)C(C)C(C)C1(C)C.[Y].[Y].[Y].[Y].[Y].[Y]. The third-order valence-electron chi connectivity index (χ3n) is 51.2. The van der Waals surface area contributed by atoms with Gasteiger partial charge in [0.05, 0.1) is 0 Å². The van der Waals surface area contributed by atoms with E-state index in [1.54, 1.807) is 11.8 Å². The summed E-state index contributed by atoms with van der Waals surface area (Å²) in [6, 6.07) is 0. The maximum Gasteiger partial charge on any atom is 0 e. The third-order valence-corrected chi connectivity index (χ3v) is 51.2. The van der Waals surface area contributed by atoms with E-state index in [1.165, 1.54) is 6.42 Å². The second-order valence-corrected chi connectivity index (χ2v) is 68.6. The molecule has 0 aromatic rings. The van der Waals surface area contributed by atoms with Gasteiger partial charge in [0.15, 0.2) is 0 Å². The molecule has 150 heavy (non-hydrogen) atoms. The van der Waals surface area contributed by atoms with Crippen molar-refractivity contribution in [3.8, 4) is 0 Å². The van der Waals surface area contributed by atoms with Gasteiger partial charge in [-0.25, -0.2) is 6.42 Å². The van der Waals surface area contributed by atoms with Crippen molar-refractivity contribution in [2.75, 3.05) is 0 Å². The molecule has 0 bridgehead atoms. The van der Waals surface area contributed by atoms with E-state index in [4.69, 9.17) is 34.6 Å². The zero-order chi connectivity index (χ0) is 120. The van der Waals surface area contributed by atoms with E-state index in [0.717, 1.165) is 18.3 Å². The summed E-state index contributed by atoms with van der Waals surface area (Å²) >= 11 is 0. The fourth-order valence-electron chi connectivity index (χ4n) is 30.5. The predicted molar refractivity (Wildman–Crippen MR) is 675 cm³/mol. The molecule has 7 rings (SSSR count). The molecule has 7 fully saturated rings. The predicted octanol–water partition coefficient (Wildman–Crippen LogP) is 49.6. The third kappa shape index (κ3) is 33.2. The van der Waals surface area contributed by atoms with Gasteiger partial charge in [-0.15, -0.1) is 5.41 Å². The molecule has 0 saturated heterocycles. The number of hydrogen-bond donors (Lipinski definition) is 0. The van der Waals surface area contributed by atoms with Gasteiger partial charge in [0.25, 0.3) is 0 Å². The molecule has 0 N–H and O–H groups in total. The van der Waals surface area contributed by atoms with Crippen molar-refractivity contribution < 1.29 is 196 Å². The monoisotopic (exact) mass is 2560 g/mol. The van der Waals surface area contributed by atoms with Crippen molar-refractivity contribution in [1.29, 1.82) is 0 Å². The fourth-order valence-corrected chi connectivity index (χ4v) is 30.5. The molecule has 0 aromatic heterocycles.